The lowest BCUT2D eigenvalue weighted by atomic mass is 10.5. The number of ketones is 1. The van der Waals surface area contributed by atoms with Gasteiger partial charge >= 0.3 is 0 Å². The lowest BCUT2D eigenvalue weighted by molar-refractivity contribution is -0.126. The van der Waals surface area contributed by atoms with Crippen LogP contribution in [-0.2, 0) is 9.59 Å². The summed E-state index contributed by atoms with van der Waals surface area (Å²) in [6, 6.07) is 0. The number of carbonyl (C=O) groups is 2. The monoisotopic (exact) mass is 71.0 g/mol. The Morgan fingerprint density at radius 3 is 2.00 bits per heavy atom. The molecule has 0 saturated carbocycles. The lowest BCUT2D eigenvalue weighted by Gasteiger charge is -1.56. The number of hydrogen-bond donors (Lipinski definition) is 0. The molecule has 0 unspecified atom stereocenters. The highest BCUT2D eigenvalue weighted by Gasteiger charge is 1.76. The summed E-state index contributed by atoms with van der Waals surface area (Å²) in [5.74, 6) is -0.676. The molecule has 0 bridgehead atoms. The molecule has 0 aromatic carbocycles. The smallest absolute Gasteiger partial charge is 0.195 e. The Labute approximate surface area is 29.8 Å². The van der Waals surface area contributed by atoms with Crippen LogP contribution in [0.4, 0.5) is 0 Å². The first-order valence-electron chi connectivity index (χ1n) is 1.08. The quantitative estimate of drug-likeness (QED) is 0.311. The average molecular weight is 71.1 g/mol. The number of aldehydes is 1. The third kappa shape index (κ3) is 3.34. The number of carbonyl (C=O) groups excluding carboxylic acids is 2. The van der Waals surface area contributed by atoms with Crippen molar-refractivity contribution >= 4 is 12.1 Å². The Bertz CT molecular complexity index is 55.9. The second-order valence-electron chi connectivity index (χ2n) is 0.584. The molecule has 2 heteroatoms. The van der Waals surface area contributed by atoms with Gasteiger partial charge in [-0.25, -0.2) is 0 Å². The maximum absolute atomic E-state index is 9.33. The van der Waals surface area contributed by atoms with Crippen molar-refractivity contribution in [2.45, 2.75) is 0 Å². The zero-order chi connectivity index (χ0) is 4.28. The van der Waals surface area contributed by atoms with Crippen LogP contribution in [0.1, 0.15) is 0 Å². The van der Waals surface area contributed by atoms with Gasteiger partial charge in [0.2, 0.25) is 0 Å². The Morgan fingerprint density at radius 2 is 2.00 bits per heavy atom. The highest BCUT2D eigenvalue weighted by atomic mass is 16.2. The Balaban J connectivity index is 3.20. The zero-order valence-electron chi connectivity index (χ0n) is 2.60. The van der Waals surface area contributed by atoms with E-state index in [9.17, 15) is 4.79 Å². The molecule has 0 rings (SSSR count). The largest absolute Gasteiger partial charge is 0.295 e. The van der Waals surface area contributed by atoms with Crippen LogP contribution in [0, 0.1) is 6.92 Å². The molecule has 2 nitrogen and oxygen atoms in total. The van der Waals surface area contributed by atoms with E-state index < -0.39 is 5.78 Å². The van der Waals surface area contributed by atoms with E-state index in [4.69, 9.17) is 4.79 Å². The minimum atomic E-state index is -0.676. The van der Waals surface area contributed by atoms with Crippen LogP contribution < -0.4 is 0 Å². The summed E-state index contributed by atoms with van der Waals surface area (Å²) in [6.45, 7) is 2.75. The summed E-state index contributed by atoms with van der Waals surface area (Å²) < 4.78 is 0. The van der Waals surface area contributed by atoms with Gasteiger partial charge in [0.05, 0.1) is 0 Å². The summed E-state index contributed by atoms with van der Waals surface area (Å²) in [6.07, 6.45) is 0.167. The fourth-order valence-electron chi connectivity index (χ4n) is 0. The third-order valence-electron chi connectivity index (χ3n) is 0.131. The Morgan fingerprint density at radius 1 is 1.80 bits per heavy atom. The minimum Gasteiger partial charge on any atom is -0.295 e. The molecule has 0 atom stereocenters. The van der Waals surface area contributed by atoms with E-state index >= 15 is 0 Å². The highest BCUT2D eigenvalue weighted by Crippen LogP contribution is 1.46. The van der Waals surface area contributed by atoms with Gasteiger partial charge in [0.15, 0.2) is 12.1 Å². The molecule has 0 aliphatic rings. The maximum Gasteiger partial charge on any atom is 0.195 e. The van der Waals surface area contributed by atoms with Crippen LogP contribution in [0.3, 0.4) is 0 Å². The van der Waals surface area contributed by atoms with E-state index in [1.54, 1.807) is 0 Å². The van der Waals surface area contributed by atoms with Crippen molar-refractivity contribution in [3.8, 4) is 0 Å². The van der Waals surface area contributed by atoms with Crippen LogP contribution >= 0.6 is 0 Å². The van der Waals surface area contributed by atoms with E-state index in [-0.39, 0.29) is 6.29 Å². The lowest BCUT2D eigenvalue weighted by Crippen LogP contribution is -1.86. The van der Waals surface area contributed by atoms with Crippen molar-refractivity contribution in [3.05, 3.63) is 6.92 Å². The van der Waals surface area contributed by atoms with E-state index in [0.29, 0.717) is 0 Å². The predicted octanol–water partition coefficient (Wildman–Crippen LogP) is -0.412. The Kier molecular flexibility index (Phi) is 1.42. The molecule has 0 fully saturated rings. The van der Waals surface area contributed by atoms with Gasteiger partial charge in [-0.05, 0) is 0 Å². The molecule has 5 heavy (non-hydrogen) atoms. The number of Topliss-reactive ketones (excluding diaryl/α,β-unsaturated/α-hetero) is 1. The SMILES string of the molecule is [CH2]C(=O)C=O. The fourth-order valence-corrected chi connectivity index (χ4v) is 0. The van der Waals surface area contributed by atoms with Gasteiger partial charge in [0.1, 0.15) is 0 Å². The van der Waals surface area contributed by atoms with Gasteiger partial charge in [-0.1, -0.05) is 0 Å². The van der Waals surface area contributed by atoms with Crippen LogP contribution in [0.15, 0.2) is 0 Å². The average Bonchev–Trinajstić information content (AvgIpc) is 1.38. The highest BCUT2D eigenvalue weighted by molar-refractivity contribution is 6.27. The van der Waals surface area contributed by atoms with Crippen molar-refractivity contribution in [1.82, 2.24) is 0 Å². The van der Waals surface area contributed by atoms with Gasteiger partial charge in [-0.3, -0.25) is 9.59 Å². The van der Waals surface area contributed by atoms with Crippen LogP contribution in [0.5, 0.6) is 0 Å². The summed E-state index contributed by atoms with van der Waals surface area (Å²) in [4.78, 5) is 18.4. The fraction of sp³-hybridized carbons (Fsp3) is 0. The summed E-state index contributed by atoms with van der Waals surface area (Å²) in [7, 11) is 0. The summed E-state index contributed by atoms with van der Waals surface area (Å²) in [5, 5.41) is 0. The second-order valence-corrected chi connectivity index (χ2v) is 0.584. The van der Waals surface area contributed by atoms with Crippen LogP contribution in [-0.4, -0.2) is 12.1 Å². The second kappa shape index (κ2) is 1.64. The first kappa shape index (κ1) is 4.34. The number of rotatable bonds is 1. The first-order valence-corrected chi connectivity index (χ1v) is 1.08. The maximum atomic E-state index is 9.33. The topological polar surface area (TPSA) is 34.1 Å². The third-order valence-corrected chi connectivity index (χ3v) is 0.131. The molecule has 1 radical (unpaired) electrons. The van der Waals surface area contributed by atoms with Gasteiger partial charge < -0.3 is 0 Å². The van der Waals surface area contributed by atoms with Crippen molar-refractivity contribution in [2.24, 2.45) is 0 Å². The molecule has 27 valence electrons. The normalized spacial score (nSPS) is 6.60. The van der Waals surface area contributed by atoms with E-state index in [0.717, 1.165) is 0 Å². The van der Waals surface area contributed by atoms with Gasteiger partial charge in [-0.2, -0.15) is 0 Å². The van der Waals surface area contributed by atoms with Crippen molar-refractivity contribution < 1.29 is 9.59 Å². The molecular formula is C3H3O2. The molecule has 0 aliphatic carbocycles. The van der Waals surface area contributed by atoms with Crippen molar-refractivity contribution in [1.29, 1.82) is 0 Å². The van der Waals surface area contributed by atoms with Gasteiger partial charge in [0.25, 0.3) is 0 Å². The molecule has 0 heterocycles. The standard InChI is InChI=1S/C3H3O2/c1-3(5)2-4/h2H,1H2. The Hall–Kier alpha value is -0.660. The van der Waals surface area contributed by atoms with Crippen LogP contribution in [0.2, 0.25) is 0 Å². The van der Waals surface area contributed by atoms with E-state index in [2.05, 4.69) is 6.92 Å². The summed E-state index contributed by atoms with van der Waals surface area (Å²) in [5.41, 5.74) is 0. The minimum absolute atomic E-state index is 0.167. The first-order chi connectivity index (χ1) is 2.27. The van der Waals surface area contributed by atoms with Gasteiger partial charge in [0, 0.05) is 6.92 Å². The molecule has 0 amide bonds. The molecule has 0 aromatic rings. The summed E-state index contributed by atoms with van der Waals surface area (Å²) >= 11 is 0. The molecular weight excluding hydrogens is 68.0 g/mol. The van der Waals surface area contributed by atoms with Crippen molar-refractivity contribution in [3.63, 3.8) is 0 Å². The molecule has 0 spiro atoms. The molecule has 0 aromatic heterocycles. The van der Waals surface area contributed by atoms with Gasteiger partial charge in [-0.15, -0.1) is 0 Å². The zero-order valence-corrected chi connectivity index (χ0v) is 2.60. The van der Waals surface area contributed by atoms with Crippen molar-refractivity contribution in [2.75, 3.05) is 0 Å². The predicted molar refractivity (Wildman–Crippen MR) is 16.4 cm³/mol. The molecule has 0 N–H and O–H groups in total. The number of hydrogen-bond acceptors (Lipinski definition) is 2. The van der Waals surface area contributed by atoms with Crippen LogP contribution in [0.25, 0.3) is 0 Å². The molecule has 0 saturated heterocycles. The van der Waals surface area contributed by atoms with E-state index in [1.807, 2.05) is 0 Å². The van der Waals surface area contributed by atoms with E-state index in [1.165, 1.54) is 0 Å². The molecule has 0 aliphatic heterocycles.